The molecule has 2 aliphatic rings. The van der Waals surface area contributed by atoms with Crippen molar-refractivity contribution in [3.63, 3.8) is 0 Å². The molecule has 1 heterocycles. The second-order valence-electron chi connectivity index (χ2n) is 6.52. The Morgan fingerprint density at radius 1 is 1.14 bits per heavy atom. The van der Waals surface area contributed by atoms with Gasteiger partial charge in [0, 0.05) is 12.6 Å². The van der Waals surface area contributed by atoms with E-state index in [4.69, 9.17) is 4.74 Å². The Bertz CT molecular complexity index is 639. The van der Waals surface area contributed by atoms with Crippen molar-refractivity contribution >= 4 is 10.0 Å². The second kappa shape index (κ2) is 6.20. The van der Waals surface area contributed by atoms with E-state index in [0.717, 1.165) is 24.8 Å². The molecule has 5 heteroatoms. The molecule has 22 heavy (non-hydrogen) atoms. The van der Waals surface area contributed by atoms with E-state index >= 15 is 0 Å². The first kappa shape index (κ1) is 15.8. The van der Waals surface area contributed by atoms with Gasteiger partial charge in [0.2, 0.25) is 10.0 Å². The third-order valence-corrected chi connectivity index (χ3v) is 7.04. The quantitative estimate of drug-likeness (QED) is 0.857. The highest BCUT2D eigenvalue weighted by Crippen LogP contribution is 2.39. The van der Waals surface area contributed by atoms with Crippen LogP contribution in [0.1, 0.15) is 44.1 Å². The Morgan fingerprint density at radius 3 is 2.64 bits per heavy atom. The Balaban J connectivity index is 2.00. The fourth-order valence-corrected chi connectivity index (χ4v) is 5.99. The van der Waals surface area contributed by atoms with Crippen LogP contribution in [0, 0.1) is 12.8 Å². The molecule has 0 bridgehead atoms. The molecule has 3 rings (SSSR count). The maximum atomic E-state index is 13.2. The molecule has 1 aliphatic carbocycles. The van der Waals surface area contributed by atoms with Crippen molar-refractivity contribution < 1.29 is 13.2 Å². The average Bonchev–Trinajstić information content (AvgIpc) is 2.54. The minimum absolute atomic E-state index is 0.178. The minimum atomic E-state index is -3.49. The lowest BCUT2D eigenvalue weighted by Crippen LogP contribution is -2.49. The summed E-state index contributed by atoms with van der Waals surface area (Å²) in [6.45, 7) is 2.55. The van der Waals surface area contributed by atoms with Crippen LogP contribution in [0.2, 0.25) is 0 Å². The van der Waals surface area contributed by atoms with Crippen LogP contribution >= 0.6 is 0 Å². The van der Waals surface area contributed by atoms with Gasteiger partial charge >= 0.3 is 0 Å². The van der Waals surface area contributed by atoms with Crippen LogP contribution in [0.15, 0.2) is 23.1 Å². The number of piperidine rings is 1. The van der Waals surface area contributed by atoms with Gasteiger partial charge in [-0.2, -0.15) is 4.31 Å². The van der Waals surface area contributed by atoms with Gasteiger partial charge in [-0.25, -0.2) is 8.42 Å². The summed E-state index contributed by atoms with van der Waals surface area (Å²) in [5.41, 5.74) is 0.941. The number of aryl methyl sites for hydroxylation is 1. The van der Waals surface area contributed by atoms with E-state index in [9.17, 15) is 8.42 Å². The van der Waals surface area contributed by atoms with Gasteiger partial charge in [-0.05, 0) is 56.2 Å². The number of benzene rings is 1. The normalized spacial score (nSPS) is 26.5. The summed E-state index contributed by atoms with van der Waals surface area (Å²) in [5.74, 6) is 0.983. The van der Waals surface area contributed by atoms with Crippen LogP contribution < -0.4 is 4.74 Å². The fraction of sp³-hybridized carbons (Fsp3) is 0.647. The average molecular weight is 323 g/mol. The Hall–Kier alpha value is -1.07. The number of fused-ring (bicyclic) bond motifs is 1. The van der Waals surface area contributed by atoms with Gasteiger partial charge in [0.15, 0.2) is 0 Å². The van der Waals surface area contributed by atoms with Gasteiger partial charge in [0.05, 0.1) is 7.11 Å². The lowest BCUT2D eigenvalue weighted by Gasteiger charge is -2.43. The number of hydrogen-bond acceptors (Lipinski definition) is 3. The number of hydrogen-bond donors (Lipinski definition) is 0. The SMILES string of the molecule is COc1ccc(C)cc1S(=O)(=O)N1CCC[C@@H]2CCCC[C@@H]21. The molecule has 1 aromatic rings. The van der Waals surface area contributed by atoms with Crippen LogP contribution in [0.5, 0.6) is 5.75 Å². The molecule has 1 saturated heterocycles. The molecule has 0 spiro atoms. The summed E-state index contributed by atoms with van der Waals surface area (Å²) in [6, 6.07) is 5.56. The van der Waals surface area contributed by atoms with Crippen molar-refractivity contribution in [2.75, 3.05) is 13.7 Å². The third kappa shape index (κ3) is 2.76. The van der Waals surface area contributed by atoms with Crippen molar-refractivity contribution in [3.8, 4) is 5.75 Å². The van der Waals surface area contributed by atoms with E-state index in [2.05, 4.69) is 0 Å². The van der Waals surface area contributed by atoms with Gasteiger partial charge in [0.1, 0.15) is 10.6 Å². The van der Waals surface area contributed by atoms with Crippen molar-refractivity contribution in [1.29, 1.82) is 0 Å². The van der Waals surface area contributed by atoms with Gasteiger partial charge in [0.25, 0.3) is 0 Å². The molecule has 0 N–H and O–H groups in total. The molecule has 2 atom stereocenters. The molecule has 1 saturated carbocycles. The summed E-state index contributed by atoms with van der Waals surface area (Å²) in [6.07, 6.45) is 6.68. The van der Waals surface area contributed by atoms with Crippen molar-refractivity contribution in [3.05, 3.63) is 23.8 Å². The summed E-state index contributed by atoms with van der Waals surface area (Å²) < 4.78 is 33.5. The lowest BCUT2D eigenvalue weighted by atomic mass is 9.79. The molecule has 0 aromatic heterocycles. The van der Waals surface area contributed by atoms with E-state index in [0.29, 0.717) is 23.1 Å². The van der Waals surface area contributed by atoms with Crippen molar-refractivity contribution in [2.45, 2.75) is 56.4 Å². The van der Waals surface area contributed by atoms with E-state index in [1.807, 2.05) is 13.0 Å². The molecular formula is C17H25NO3S. The van der Waals surface area contributed by atoms with Crippen molar-refractivity contribution in [1.82, 2.24) is 4.31 Å². The summed E-state index contributed by atoms with van der Waals surface area (Å²) >= 11 is 0. The first-order valence-electron chi connectivity index (χ1n) is 8.20. The first-order chi connectivity index (χ1) is 10.5. The molecule has 0 radical (unpaired) electrons. The molecule has 0 unspecified atom stereocenters. The van der Waals surface area contributed by atoms with E-state index in [1.54, 1.807) is 16.4 Å². The maximum Gasteiger partial charge on any atom is 0.247 e. The Morgan fingerprint density at radius 2 is 1.86 bits per heavy atom. The van der Waals surface area contributed by atoms with E-state index in [-0.39, 0.29) is 6.04 Å². The topological polar surface area (TPSA) is 46.6 Å². The first-order valence-corrected chi connectivity index (χ1v) is 9.64. The Labute approximate surface area is 133 Å². The largest absolute Gasteiger partial charge is 0.495 e. The molecule has 1 aliphatic heterocycles. The summed E-state index contributed by atoms with van der Waals surface area (Å²) in [5, 5.41) is 0. The van der Waals surface area contributed by atoms with Crippen LogP contribution in [0.3, 0.4) is 0 Å². The van der Waals surface area contributed by atoms with Gasteiger partial charge in [-0.1, -0.05) is 18.9 Å². The minimum Gasteiger partial charge on any atom is -0.495 e. The van der Waals surface area contributed by atoms with Gasteiger partial charge in [-0.15, -0.1) is 0 Å². The molecule has 0 amide bonds. The van der Waals surface area contributed by atoms with Gasteiger partial charge < -0.3 is 4.74 Å². The van der Waals surface area contributed by atoms with Gasteiger partial charge in [-0.3, -0.25) is 0 Å². The van der Waals surface area contributed by atoms with Crippen LogP contribution in [-0.4, -0.2) is 32.4 Å². The number of rotatable bonds is 3. The molecule has 122 valence electrons. The standard InChI is InChI=1S/C17H25NO3S/c1-13-9-10-16(21-2)17(12-13)22(19,20)18-11-5-7-14-6-3-4-8-15(14)18/h9-10,12,14-15H,3-8,11H2,1-2H3/t14-,15-/m0/s1. The smallest absolute Gasteiger partial charge is 0.247 e. The second-order valence-corrected chi connectivity index (χ2v) is 8.38. The number of nitrogens with zero attached hydrogens (tertiary/aromatic N) is 1. The molecule has 4 nitrogen and oxygen atoms in total. The monoisotopic (exact) mass is 323 g/mol. The number of methoxy groups -OCH3 is 1. The van der Waals surface area contributed by atoms with E-state index in [1.165, 1.54) is 26.4 Å². The number of sulfonamides is 1. The fourth-order valence-electron chi connectivity index (χ4n) is 3.99. The highest BCUT2D eigenvalue weighted by molar-refractivity contribution is 7.89. The predicted molar refractivity (Wildman–Crippen MR) is 86.6 cm³/mol. The van der Waals surface area contributed by atoms with Crippen LogP contribution in [0.4, 0.5) is 0 Å². The predicted octanol–water partition coefficient (Wildman–Crippen LogP) is 3.35. The highest BCUT2D eigenvalue weighted by Gasteiger charge is 2.40. The zero-order chi connectivity index (χ0) is 15.7. The lowest BCUT2D eigenvalue weighted by molar-refractivity contribution is 0.129. The Kier molecular flexibility index (Phi) is 4.46. The maximum absolute atomic E-state index is 13.2. The zero-order valence-electron chi connectivity index (χ0n) is 13.4. The van der Waals surface area contributed by atoms with Crippen molar-refractivity contribution in [2.24, 2.45) is 5.92 Å². The zero-order valence-corrected chi connectivity index (χ0v) is 14.2. The van der Waals surface area contributed by atoms with Crippen LogP contribution in [-0.2, 0) is 10.0 Å². The van der Waals surface area contributed by atoms with E-state index < -0.39 is 10.0 Å². The summed E-state index contributed by atoms with van der Waals surface area (Å²) in [4.78, 5) is 0.321. The van der Waals surface area contributed by atoms with Crippen LogP contribution in [0.25, 0.3) is 0 Å². The molecule has 2 fully saturated rings. The highest BCUT2D eigenvalue weighted by atomic mass is 32.2. The molecular weight excluding hydrogens is 298 g/mol. The third-order valence-electron chi connectivity index (χ3n) is 5.10. The summed E-state index contributed by atoms with van der Waals surface area (Å²) in [7, 11) is -1.96. The molecule has 1 aromatic carbocycles. The number of ether oxygens (including phenoxy) is 1.